The lowest BCUT2D eigenvalue weighted by Crippen LogP contribution is -2.53. The van der Waals surface area contributed by atoms with E-state index in [0.717, 1.165) is 19.2 Å². The molecule has 7 nitrogen and oxygen atoms in total. The van der Waals surface area contributed by atoms with Gasteiger partial charge in [0.25, 0.3) is 0 Å². The lowest BCUT2D eigenvalue weighted by Gasteiger charge is -2.36. The molecule has 2 saturated heterocycles. The Kier molecular flexibility index (Phi) is 7.01. The number of rotatable bonds is 5. The van der Waals surface area contributed by atoms with Gasteiger partial charge in [-0.1, -0.05) is 11.6 Å². The number of nitrogens with one attached hydrogen (secondary N) is 1. The van der Waals surface area contributed by atoms with Crippen LogP contribution in [0.1, 0.15) is 0 Å². The zero-order chi connectivity index (χ0) is 19.2. The highest BCUT2D eigenvalue weighted by molar-refractivity contribution is 6.33. The fraction of sp³-hybridized carbons (Fsp3) is 0.556. The number of amides is 2. The van der Waals surface area contributed by atoms with Gasteiger partial charge in [-0.25, -0.2) is 4.39 Å². The van der Waals surface area contributed by atoms with E-state index < -0.39 is 5.82 Å². The molecule has 0 radical (unpaired) electrons. The first-order chi connectivity index (χ1) is 13.0. The van der Waals surface area contributed by atoms with E-state index in [4.69, 9.17) is 16.3 Å². The topological polar surface area (TPSA) is 65.1 Å². The summed E-state index contributed by atoms with van der Waals surface area (Å²) in [6.07, 6.45) is 0. The first-order valence-corrected chi connectivity index (χ1v) is 9.44. The molecule has 2 aliphatic rings. The van der Waals surface area contributed by atoms with Crippen molar-refractivity contribution in [3.63, 3.8) is 0 Å². The molecular formula is C18H24ClFN4O3. The van der Waals surface area contributed by atoms with Crippen molar-refractivity contribution in [1.82, 2.24) is 14.7 Å². The number of carbonyl (C=O) groups is 2. The molecule has 1 aromatic rings. The van der Waals surface area contributed by atoms with Gasteiger partial charge in [-0.05, 0) is 18.2 Å². The van der Waals surface area contributed by atoms with E-state index in [0.29, 0.717) is 51.6 Å². The molecule has 9 heteroatoms. The lowest BCUT2D eigenvalue weighted by atomic mass is 10.2. The van der Waals surface area contributed by atoms with Gasteiger partial charge in [0.15, 0.2) is 0 Å². The van der Waals surface area contributed by atoms with Crippen LogP contribution in [0.2, 0.25) is 5.02 Å². The molecule has 0 unspecified atom stereocenters. The van der Waals surface area contributed by atoms with Crippen LogP contribution in [0.4, 0.5) is 10.1 Å². The van der Waals surface area contributed by atoms with Crippen molar-refractivity contribution in [2.24, 2.45) is 0 Å². The molecule has 27 heavy (non-hydrogen) atoms. The van der Waals surface area contributed by atoms with E-state index in [-0.39, 0.29) is 23.4 Å². The molecule has 2 amide bonds. The fourth-order valence-electron chi connectivity index (χ4n) is 3.19. The number of hydrogen-bond acceptors (Lipinski definition) is 5. The van der Waals surface area contributed by atoms with Crippen molar-refractivity contribution in [3.05, 3.63) is 29.0 Å². The molecule has 148 valence electrons. The number of hydrogen-bond donors (Lipinski definition) is 1. The number of carbonyl (C=O) groups excluding carboxylic acids is 2. The number of piperazine rings is 1. The predicted molar refractivity (Wildman–Crippen MR) is 100 cm³/mol. The number of nitrogens with zero attached hydrogens (tertiary/aromatic N) is 3. The van der Waals surface area contributed by atoms with E-state index in [1.54, 1.807) is 0 Å². The largest absolute Gasteiger partial charge is 0.379 e. The molecule has 2 fully saturated rings. The molecule has 0 bridgehead atoms. The van der Waals surface area contributed by atoms with Gasteiger partial charge in [-0.3, -0.25) is 19.4 Å². The number of benzene rings is 1. The molecule has 1 N–H and O–H groups in total. The third kappa shape index (κ3) is 5.87. The first kappa shape index (κ1) is 20.0. The van der Waals surface area contributed by atoms with Crippen LogP contribution in [0.5, 0.6) is 0 Å². The summed E-state index contributed by atoms with van der Waals surface area (Å²) in [5, 5.41) is 2.86. The third-order valence-corrected chi connectivity index (χ3v) is 5.07. The fourth-order valence-corrected chi connectivity index (χ4v) is 3.40. The monoisotopic (exact) mass is 398 g/mol. The molecule has 2 aliphatic heterocycles. The van der Waals surface area contributed by atoms with Crippen molar-refractivity contribution < 1.29 is 18.7 Å². The van der Waals surface area contributed by atoms with Gasteiger partial charge in [-0.15, -0.1) is 0 Å². The molecule has 1 aromatic carbocycles. The van der Waals surface area contributed by atoms with E-state index in [2.05, 4.69) is 10.2 Å². The summed E-state index contributed by atoms with van der Waals surface area (Å²) in [6.45, 7) is 6.05. The Hall–Kier alpha value is -1.74. The zero-order valence-electron chi connectivity index (χ0n) is 15.1. The maximum Gasteiger partial charge on any atom is 0.238 e. The van der Waals surface area contributed by atoms with Crippen LogP contribution in [0.15, 0.2) is 18.2 Å². The summed E-state index contributed by atoms with van der Waals surface area (Å²) in [6, 6.07) is 3.86. The summed E-state index contributed by atoms with van der Waals surface area (Å²) in [4.78, 5) is 30.5. The van der Waals surface area contributed by atoms with Crippen molar-refractivity contribution in [1.29, 1.82) is 0 Å². The number of ether oxygens (including phenoxy) is 1. The summed E-state index contributed by atoms with van der Waals surface area (Å²) in [5.74, 6) is -0.536. The highest BCUT2D eigenvalue weighted by atomic mass is 35.5. The number of morpholine rings is 1. The molecule has 3 rings (SSSR count). The van der Waals surface area contributed by atoms with Gasteiger partial charge in [0.05, 0.1) is 37.0 Å². The Morgan fingerprint density at radius 2 is 1.70 bits per heavy atom. The van der Waals surface area contributed by atoms with Crippen molar-refractivity contribution in [3.8, 4) is 0 Å². The maximum atomic E-state index is 13.1. The second-order valence-corrected chi connectivity index (χ2v) is 7.12. The van der Waals surface area contributed by atoms with Gasteiger partial charge in [-0.2, -0.15) is 0 Å². The Morgan fingerprint density at radius 1 is 1.04 bits per heavy atom. The van der Waals surface area contributed by atoms with Crippen molar-refractivity contribution >= 4 is 29.1 Å². The second-order valence-electron chi connectivity index (χ2n) is 6.72. The average molecular weight is 399 g/mol. The summed E-state index contributed by atoms with van der Waals surface area (Å²) >= 11 is 5.93. The Bertz CT molecular complexity index is 677. The van der Waals surface area contributed by atoms with Crippen molar-refractivity contribution in [2.75, 3.05) is 70.9 Å². The van der Waals surface area contributed by atoms with Crippen molar-refractivity contribution in [2.45, 2.75) is 0 Å². The molecule has 0 saturated carbocycles. The highest BCUT2D eigenvalue weighted by Gasteiger charge is 2.24. The standard InChI is InChI=1S/C18H24ClFN4O3/c19-15-11-14(20)1-2-16(15)21-17(25)12-22-3-5-24(6-4-22)18(26)13-23-7-9-27-10-8-23/h1-2,11H,3-10,12-13H2,(H,21,25). The first-order valence-electron chi connectivity index (χ1n) is 9.06. The third-order valence-electron chi connectivity index (χ3n) is 4.76. The highest BCUT2D eigenvalue weighted by Crippen LogP contribution is 2.22. The quantitative estimate of drug-likeness (QED) is 0.798. The molecule has 0 aromatic heterocycles. The predicted octanol–water partition coefficient (Wildman–Crippen LogP) is 0.894. The van der Waals surface area contributed by atoms with Crippen LogP contribution in [-0.2, 0) is 14.3 Å². The van der Waals surface area contributed by atoms with Gasteiger partial charge >= 0.3 is 0 Å². The molecule has 2 heterocycles. The number of anilines is 1. The smallest absolute Gasteiger partial charge is 0.238 e. The van der Waals surface area contributed by atoms with E-state index in [9.17, 15) is 14.0 Å². The Labute approximate surface area is 163 Å². The lowest BCUT2D eigenvalue weighted by molar-refractivity contribution is -0.135. The second kappa shape index (κ2) is 9.45. The minimum absolute atomic E-state index is 0.124. The van der Waals surface area contributed by atoms with Gasteiger partial charge < -0.3 is 15.0 Å². The summed E-state index contributed by atoms with van der Waals surface area (Å²) in [7, 11) is 0. The molecule has 0 aliphatic carbocycles. The number of halogens is 2. The molecule has 0 spiro atoms. The average Bonchev–Trinajstić information content (AvgIpc) is 2.65. The SMILES string of the molecule is O=C(CN1CCN(C(=O)CN2CCOCC2)CC1)Nc1ccc(F)cc1Cl. The van der Waals surface area contributed by atoms with Crippen LogP contribution in [-0.4, -0.2) is 92.1 Å². The Morgan fingerprint density at radius 3 is 2.37 bits per heavy atom. The van der Waals surface area contributed by atoms with Crippen LogP contribution in [0, 0.1) is 5.82 Å². The van der Waals surface area contributed by atoms with Crippen LogP contribution < -0.4 is 5.32 Å². The Balaban J connectivity index is 1.40. The minimum Gasteiger partial charge on any atom is -0.379 e. The van der Waals surface area contributed by atoms with Gasteiger partial charge in [0.1, 0.15) is 5.82 Å². The van der Waals surface area contributed by atoms with Crippen LogP contribution >= 0.6 is 11.6 Å². The molecular weight excluding hydrogens is 375 g/mol. The van der Waals surface area contributed by atoms with E-state index >= 15 is 0 Å². The van der Waals surface area contributed by atoms with Crippen LogP contribution in [0.3, 0.4) is 0 Å². The zero-order valence-corrected chi connectivity index (χ0v) is 15.9. The maximum absolute atomic E-state index is 13.1. The van der Waals surface area contributed by atoms with Gasteiger partial charge in [0, 0.05) is 39.3 Å². The van der Waals surface area contributed by atoms with E-state index in [1.807, 2.05) is 9.80 Å². The van der Waals surface area contributed by atoms with Crippen LogP contribution in [0.25, 0.3) is 0 Å². The normalized spacial score (nSPS) is 19.1. The van der Waals surface area contributed by atoms with Gasteiger partial charge in [0.2, 0.25) is 11.8 Å². The summed E-state index contributed by atoms with van der Waals surface area (Å²) < 4.78 is 18.4. The summed E-state index contributed by atoms with van der Waals surface area (Å²) in [5.41, 5.74) is 0.391. The minimum atomic E-state index is -0.448. The molecule has 0 atom stereocenters. The van der Waals surface area contributed by atoms with E-state index in [1.165, 1.54) is 12.1 Å².